The highest BCUT2D eigenvalue weighted by Gasteiger charge is 2.09. The molecule has 5 heteroatoms. The van der Waals surface area contributed by atoms with Crippen LogP contribution in [-0.2, 0) is 5.75 Å². The molecule has 22 heavy (non-hydrogen) atoms. The van der Waals surface area contributed by atoms with Gasteiger partial charge in [0.25, 0.3) is 5.89 Å². The van der Waals surface area contributed by atoms with Gasteiger partial charge in [-0.3, -0.25) is 0 Å². The predicted molar refractivity (Wildman–Crippen MR) is 87.0 cm³/mol. The lowest BCUT2D eigenvalue weighted by Crippen LogP contribution is -1.85. The van der Waals surface area contributed by atoms with Crippen molar-refractivity contribution in [2.75, 3.05) is 7.11 Å². The Morgan fingerprint density at radius 3 is 2.68 bits per heavy atom. The van der Waals surface area contributed by atoms with Crippen molar-refractivity contribution in [2.45, 2.75) is 17.8 Å². The third-order valence-corrected chi connectivity index (χ3v) is 4.10. The van der Waals surface area contributed by atoms with E-state index in [-0.39, 0.29) is 0 Å². The molecular formula is C17H16N2O2S. The summed E-state index contributed by atoms with van der Waals surface area (Å²) in [5.41, 5.74) is 3.31. The van der Waals surface area contributed by atoms with E-state index in [9.17, 15) is 0 Å². The molecule has 1 aromatic heterocycles. The molecule has 112 valence electrons. The van der Waals surface area contributed by atoms with Gasteiger partial charge in [0.15, 0.2) is 0 Å². The van der Waals surface area contributed by atoms with Gasteiger partial charge in [0.1, 0.15) is 5.75 Å². The predicted octanol–water partition coefficient (Wildman–Crippen LogP) is 4.35. The van der Waals surface area contributed by atoms with E-state index in [1.54, 1.807) is 18.9 Å². The van der Waals surface area contributed by atoms with Gasteiger partial charge >= 0.3 is 0 Å². The summed E-state index contributed by atoms with van der Waals surface area (Å²) in [5, 5.41) is 4.67. The maximum absolute atomic E-state index is 5.33. The minimum Gasteiger partial charge on any atom is -0.497 e. The van der Waals surface area contributed by atoms with Crippen molar-refractivity contribution in [1.29, 1.82) is 0 Å². The molecule has 0 aliphatic rings. The maximum atomic E-state index is 5.33. The van der Waals surface area contributed by atoms with Gasteiger partial charge in [0, 0.05) is 11.3 Å². The maximum Gasteiger partial charge on any atom is 0.258 e. The van der Waals surface area contributed by atoms with Crippen molar-refractivity contribution >= 4 is 11.8 Å². The first-order chi connectivity index (χ1) is 10.7. The molecule has 0 radical (unpaired) electrons. The number of rotatable bonds is 5. The molecule has 1 heterocycles. The fourth-order valence-electron chi connectivity index (χ4n) is 2.03. The highest BCUT2D eigenvalue weighted by molar-refractivity contribution is 7.98. The summed E-state index contributed by atoms with van der Waals surface area (Å²) in [6.45, 7) is 2.04. The van der Waals surface area contributed by atoms with E-state index in [4.69, 9.17) is 9.26 Å². The van der Waals surface area contributed by atoms with E-state index < -0.39 is 0 Å². The van der Waals surface area contributed by atoms with Crippen LogP contribution in [-0.4, -0.2) is 17.3 Å². The molecule has 0 amide bonds. The third kappa shape index (κ3) is 3.49. The molecule has 4 nitrogen and oxygen atoms in total. The Kier molecular flexibility index (Phi) is 4.44. The minimum absolute atomic E-state index is 0.556. The normalized spacial score (nSPS) is 10.6. The zero-order chi connectivity index (χ0) is 15.4. The second-order valence-corrected chi connectivity index (χ2v) is 5.83. The standard InChI is InChI=1S/C17H16N2O2S/c1-12-4-3-5-14(10-12)16-18-17(19-21-16)22-11-13-6-8-15(20-2)9-7-13/h3-10H,11H2,1-2H3. The zero-order valence-corrected chi connectivity index (χ0v) is 13.3. The molecule has 0 unspecified atom stereocenters. The summed E-state index contributed by atoms with van der Waals surface area (Å²) in [4.78, 5) is 4.43. The van der Waals surface area contributed by atoms with Gasteiger partial charge < -0.3 is 9.26 Å². The average molecular weight is 312 g/mol. The van der Waals surface area contributed by atoms with Crippen molar-refractivity contribution < 1.29 is 9.26 Å². The van der Waals surface area contributed by atoms with E-state index in [0.29, 0.717) is 11.0 Å². The quantitative estimate of drug-likeness (QED) is 0.656. The fraction of sp³-hybridized carbons (Fsp3) is 0.176. The first kappa shape index (κ1) is 14.7. The molecular weight excluding hydrogens is 296 g/mol. The number of hydrogen-bond donors (Lipinski definition) is 0. The Bertz CT molecular complexity index is 753. The molecule has 0 spiro atoms. The lowest BCUT2D eigenvalue weighted by Gasteiger charge is -2.01. The molecule has 0 aliphatic heterocycles. The van der Waals surface area contributed by atoms with E-state index >= 15 is 0 Å². The minimum atomic E-state index is 0.556. The molecule has 0 saturated heterocycles. The third-order valence-electron chi connectivity index (χ3n) is 3.20. The SMILES string of the molecule is COc1ccc(CSc2noc(-c3cccc(C)c3)n2)cc1. The van der Waals surface area contributed by atoms with Crippen LogP contribution in [0.1, 0.15) is 11.1 Å². The molecule has 0 bridgehead atoms. The van der Waals surface area contributed by atoms with Crippen molar-refractivity contribution in [3.63, 3.8) is 0 Å². The van der Waals surface area contributed by atoms with E-state index in [0.717, 1.165) is 17.1 Å². The van der Waals surface area contributed by atoms with E-state index in [1.807, 2.05) is 55.5 Å². The highest BCUT2D eigenvalue weighted by Crippen LogP contribution is 2.25. The van der Waals surface area contributed by atoms with Crippen LogP contribution in [0.3, 0.4) is 0 Å². The average Bonchev–Trinajstić information content (AvgIpc) is 3.02. The molecule has 2 aromatic carbocycles. The molecule has 0 N–H and O–H groups in total. The number of aromatic nitrogens is 2. The second kappa shape index (κ2) is 6.66. The Balaban J connectivity index is 1.66. The summed E-state index contributed by atoms with van der Waals surface area (Å²) in [6.07, 6.45) is 0. The first-order valence-corrected chi connectivity index (χ1v) is 7.89. The summed E-state index contributed by atoms with van der Waals surface area (Å²) in [5.74, 6) is 2.20. The van der Waals surface area contributed by atoms with E-state index in [2.05, 4.69) is 10.1 Å². The molecule has 0 atom stereocenters. The lowest BCUT2D eigenvalue weighted by molar-refractivity contribution is 0.414. The van der Waals surface area contributed by atoms with Crippen LogP contribution in [0.4, 0.5) is 0 Å². The van der Waals surface area contributed by atoms with Crippen LogP contribution in [0, 0.1) is 6.92 Å². The van der Waals surface area contributed by atoms with Crippen LogP contribution in [0.15, 0.2) is 58.2 Å². The van der Waals surface area contributed by atoms with Gasteiger partial charge in [0.2, 0.25) is 5.16 Å². The zero-order valence-electron chi connectivity index (χ0n) is 12.4. The van der Waals surface area contributed by atoms with Crippen LogP contribution in [0.2, 0.25) is 0 Å². The van der Waals surface area contributed by atoms with Gasteiger partial charge in [0.05, 0.1) is 7.11 Å². The molecule has 3 rings (SSSR count). The Morgan fingerprint density at radius 2 is 1.95 bits per heavy atom. The summed E-state index contributed by atoms with van der Waals surface area (Å²) in [6, 6.07) is 16.0. The fourth-order valence-corrected chi connectivity index (χ4v) is 2.76. The van der Waals surface area contributed by atoms with Crippen molar-refractivity contribution in [3.05, 3.63) is 59.7 Å². The van der Waals surface area contributed by atoms with Crippen molar-refractivity contribution in [1.82, 2.24) is 10.1 Å². The number of nitrogens with zero attached hydrogens (tertiary/aromatic N) is 2. The number of benzene rings is 2. The Labute approximate surface area is 133 Å². The van der Waals surface area contributed by atoms with Gasteiger partial charge in [-0.15, -0.1) is 0 Å². The van der Waals surface area contributed by atoms with Crippen molar-refractivity contribution in [3.8, 4) is 17.2 Å². The summed E-state index contributed by atoms with van der Waals surface area (Å²) >= 11 is 1.55. The molecule has 0 aliphatic carbocycles. The highest BCUT2D eigenvalue weighted by atomic mass is 32.2. The number of ether oxygens (including phenoxy) is 1. The molecule has 3 aromatic rings. The van der Waals surface area contributed by atoms with Crippen LogP contribution in [0.5, 0.6) is 5.75 Å². The summed E-state index contributed by atoms with van der Waals surface area (Å²) in [7, 11) is 1.66. The smallest absolute Gasteiger partial charge is 0.258 e. The van der Waals surface area contributed by atoms with Gasteiger partial charge in [-0.05, 0) is 41.9 Å². The topological polar surface area (TPSA) is 48.2 Å². The molecule has 0 saturated carbocycles. The lowest BCUT2D eigenvalue weighted by atomic mass is 10.1. The van der Waals surface area contributed by atoms with Gasteiger partial charge in [-0.25, -0.2) is 0 Å². The van der Waals surface area contributed by atoms with Crippen LogP contribution in [0.25, 0.3) is 11.5 Å². The van der Waals surface area contributed by atoms with Gasteiger partial charge in [-0.2, -0.15) is 4.98 Å². The largest absolute Gasteiger partial charge is 0.497 e. The number of thioether (sulfide) groups is 1. The Hall–Kier alpha value is -2.27. The molecule has 0 fully saturated rings. The summed E-state index contributed by atoms with van der Waals surface area (Å²) < 4.78 is 10.5. The number of methoxy groups -OCH3 is 1. The monoisotopic (exact) mass is 312 g/mol. The Morgan fingerprint density at radius 1 is 1.14 bits per heavy atom. The van der Waals surface area contributed by atoms with Crippen LogP contribution >= 0.6 is 11.8 Å². The van der Waals surface area contributed by atoms with Crippen LogP contribution < -0.4 is 4.74 Å². The number of hydrogen-bond acceptors (Lipinski definition) is 5. The second-order valence-electron chi connectivity index (χ2n) is 4.89. The van der Waals surface area contributed by atoms with E-state index in [1.165, 1.54) is 11.1 Å². The number of aryl methyl sites for hydroxylation is 1. The van der Waals surface area contributed by atoms with Crippen molar-refractivity contribution in [2.24, 2.45) is 0 Å². The first-order valence-electron chi connectivity index (χ1n) is 6.91. The van der Waals surface area contributed by atoms with Gasteiger partial charge in [-0.1, -0.05) is 41.6 Å².